The third kappa shape index (κ3) is 5.22. The first-order chi connectivity index (χ1) is 14.7. The molecule has 0 atom stereocenters. The number of nitro benzene ring substituents is 2. The number of sulfonamides is 1. The summed E-state index contributed by atoms with van der Waals surface area (Å²) in [7, 11) is -3.82. The predicted molar refractivity (Wildman–Crippen MR) is 107 cm³/mol. The zero-order valence-electron chi connectivity index (χ0n) is 16.2. The third-order valence-corrected chi connectivity index (χ3v) is 6.91. The van der Waals surface area contributed by atoms with Gasteiger partial charge in [-0.15, -0.1) is 0 Å². The molecule has 0 unspecified atom stereocenters. The fourth-order valence-electron chi connectivity index (χ4n) is 3.21. The Labute approximate surface area is 177 Å². The minimum absolute atomic E-state index is 0.0296. The van der Waals surface area contributed by atoms with Crippen LogP contribution < -0.4 is 0 Å². The van der Waals surface area contributed by atoms with E-state index < -0.39 is 31.8 Å². The highest BCUT2D eigenvalue weighted by molar-refractivity contribution is 7.89. The molecule has 31 heavy (non-hydrogen) atoms. The van der Waals surface area contributed by atoms with E-state index in [9.17, 15) is 33.4 Å². The van der Waals surface area contributed by atoms with Crippen LogP contribution in [-0.2, 0) is 26.2 Å². The summed E-state index contributed by atoms with van der Waals surface area (Å²) in [6, 6.07) is 10.3. The molecule has 1 aliphatic heterocycles. The summed E-state index contributed by atoms with van der Waals surface area (Å²) in [5.41, 5.74) is 0.349. The van der Waals surface area contributed by atoms with Crippen LogP contribution in [0, 0.1) is 26.1 Å². The molecule has 0 aliphatic carbocycles. The van der Waals surface area contributed by atoms with Gasteiger partial charge < -0.3 is 4.74 Å². The van der Waals surface area contributed by atoms with Gasteiger partial charge in [0.2, 0.25) is 10.0 Å². The van der Waals surface area contributed by atoms with E-state index in [0.29, 0.717) is 5.56 Å². The van der Waals surface area contributed by atoms with Crippen molar-refractivity contribution in [2.75, 3.05) is 13.1 Å². The van der Waals surface area contributed by atoms with E-state index in [1.54, 1.807) is 0 Å². The van der Waals surface area contributed by atoms with Gasteiger partial charge in [0.05, 0.1) is 20.7 Å². The van der Waals surface area contributed by atoms with E-state index in [-0.39, 0.29) is 48.8 Å². The highest BCUT2D eigenvalue weighted by Crippen LogP contribution is 2.26. The van der Waals surface area contributed by atoms with Crippen LogP contribution in [0.2, 0.25) is 0 Å². The molecule has 1 aliphatic rings. The van der Waals surface area contributed by atoms with Crippen molar-refractivity contribution in [2.24, 2.45) is 5.92 Å². The molecule has 12 heteroatoms. The number of hydrogen-bond donors (Lipinski definition) is 0. The van der Waals surface area contributed by atoms with Crippen LogP contribution in [0.15, 0.2) is 53.4 Å². The number of hydrogen-bond acceptors (Lipinski definition) is 8. The molecule has 2 aromatic carbocycles. The largest absolute Gasteiger partial charge is 0.461 e. The highest BCUT2D eigenvalue weighted by Gasteiger charge is 2.33. The van der Waals surface area contributed by atoms with Crippen molar-refractivity contribution >= 4 is 27.4 Å². The third-order valence-electron chi connectivity index (χ3n) is 5.00. The van der Waals surface area contributed by atoms with Gasteiger partial charge in [-0.1, -0.05) is 0 Å². The molecule has 11 nitrogen and oxygen atoms in total. The molecule has 0 radical (unpaired) electrons. The van der Waals surface area contributed by atoms with Crippen LogP contribution in [0.4, 0.5) is 11.4 Å². The first-order valence-electron chi connectivity index (χ1n) is 9.33. The molecular formula is C19H19N3O8S. The summed E-state index contributed by atoms with van der Waals surface area (Å²) < 4.78 is 32.0. The first kappa shape index (κ1) is 22.3. The lowest BCUT2D eigenvalue weighted by Gasteiger charge is -2.30. The molecule has 0 bridgehead atoms. The predicted octanol–water partition coefficient (Wildman–Crippen LogP) is 2.65. The van der Waals surface area contributed by atoms with Gasteiger partial charge in [0.15, 0.2) is 0 Å². The summed E-state index contributed by atoms with van der Waals surface area (Å²) in [6.45, 7) is 0.214. The van der Waals surface area contributed by atoms with Gasteiger partial charge in [-0.3, -0.25) is 25.0 Å². The van der Waals surface area contributed by atoms with Crippen molar-refractivity contribution in [3.05, 3.63) is 74.3 Å². The van der Waals surface area contributed by atoms with Crippen LogP contribution >= 0.6 is 0 Å². The summed E-state index contributed by atoms with van der Waals surface area (Å²) in [5, 5.41) is 21.4. The number of carbonyl (C=O) groups excluding carboxylic acids is 1. The van der Waals surface area contributed by atoms with Crippen molar-refractivity contribution in [3.63, 3.8) is 0 Å². The second-order valence-electron chi connectivity index (χ2n) is 6.96. The number of ether oxygens (including phenoxy) is 1. The monoisotopic (exact) mass is 449 g/mol. The molecule has 3 rings (SSSR count). The van der Waals surface area contributed by atoms with Crippen molar-refractivity contribution in [1.82, 2.24) is 4.31 Å². The highest BCUT2D eigenvalue weighted by atomic mass is 32.2. The Morgan fingerprint density at radius 2 is 1.42 bits per heavy atom. The Balaban J connectivity index is 1.53. The normalized spacial score (nSPS) is 15.4. The molecule has 1 fully saturated rings. The fourth-order valence-corrected chi connectivity index (χ4v) is 4.68. The van der Waals surface area contributed by atoms with Gasteiger partial charge in [-0.2, -0.15) is 4.31 Å². The molecule has 0 spiro atoms. The van der Waals surface area contributed by atoms with Crippen LogP contribution in [0.3, 0.4) is 0 Å². The summed E-state index contributed by atoms with van der Waals surface area (Å²) in [5.74, 6) is -0.910. The van der Waals surface area contributed by atoms with Crippen LogP contribution in [0.1, 0.15) is 18.4 Å². The van der Waals surface area contributed by atoms with Gasteiger partial charge in [0.1, 0.15) is 6.61 Å². The zero-order valence-corrected chi connectivity index (χ0v) is 17.1. The topological polar surface area (TPSA) is 150 Å². The van der Waals surface area contributed by atoms with Gasteiger partial charge in [-0.05, 0) is 42.7 Å². The number of non-ortho nitro benzene ring substituents is 2. The molecule has 0 saturated carbocycles. The number of benzene rings is 2. The lowest BCUT2D eigenvalue weighted by molar-refractivity contribution is -0.385. The van der Waals surface area contributed by atoms with Gasteiger partial charge in [0.25, 0.3) is 11.4 Å². The number of rotatable bonds is 7. The van der Waals surface area contributed by atoms with Crippen molar-refractivity contribution < 1.29 is 27.8 Å². The lowest BCUT2D eigenvalue weighted by atomic mass is 9.98. The van der Waals surface area contributed by atoms with E-state index in [1.165, 1.54) is 40.7 Å². The Hall–Kier alpha value is -3.38. The van der Waals surface area contributed by atoms with Crippen LogP contribution in [-0.4, -0.2) is 41.6 Å². The molecular weight excluding hydrogens is 430 g/mol. The Kier molecular flexibility index (Phi) is 6.61. The zero-order chi connectivity index (χ0) is 22.6. The SMILES string of the molecule is O=C(OCc1ccc([N+](=O)[O-])cc1)C1CCN(S(=O)(=O)c2ccc([N+](=O)[O-])cc2)CC1. The fraction of sp³-hybridized carbons (Fsp3) is 0.316. The molecule has 0 aromatic heterocycles. The number of nitro groups is 2. The average molecular weight is 449 g/mol. The number of esters is 1. The average Bonchev–Trinajstić information content (AvgIpc) is 2.77. The van der Waals surface area contributed by atoms with Gasteiger partial charge in [-0.25, -0.2) is 8.42 Å². The second-order valence-corrected chi connectivity index (χ2v) is 8.90. The maximum Gasteiger partial charge on any atom is 0.309 e. The molecule has 1 saturated heterocycles. The van der Waals surface area contributed by atoms with E-state index in [1.807, 2.05) is 0 Å². The molecule has 0 amide bonds. The summed E-state index contributed by atoms with van der Waals surface area (Å²) >= 11 is 0. The van der Waals surface area contributed by atoms with Crippen molar-refractivity contribution in [1.29, 1.82) is 0 Å². The molecule has 2 aromatic rings. The van der Waals surface area contributed by atoms with Crippen LogP contribution in [0.25, 0.3) is 0 Å². The van der Waals surface area contributed by atoms with Crippen molar-refractivity contribution in [3.8, 4) is 0 Å². The van der Waals surface area contributed by atoms with Crippen LogP contribution in [0.5, 0.6) is 0 Å². The standard InChI is InChI=1S/C19H19N3O8S/c23-19(30-13-14-1-3-16(4-2-14)21(24)25)15-9-11-20(12-10-15)31(28,29)18-7-5-17(6-8-18)22(26)27/h1-8,15H,9-13H2. The quantitative estimate of drug-likeness (QED) is 0.355. The van der Waals surface area contributed by atoms with E-state index in [2.05, 4.69) is 0 Å². The second kappa shape index (κ2) is 9.18. The van der Waals surface area contributed by atoms with Crippen molar-refractivity contribution in [2.45, 2.75) is 24.3 Å². The molecule has 164 valence electrons. The number of carbonyl (C=O) groups is 1. The number of nitrogens with zero attached hydrogens (tertiary/aromatic N) is 3. The summed E-state index contributed by atoms with van der Waals surface area (Å²) in [6.07, 6.45) is 0.566. The van der Waals surface area contributed by atoms with E-state index in [0.717, 1.165) is 12.1 Å². The first-order valence-corrected chi connectivity index (χ1v) is 10.8. The Bertz CT molecular complexity index is 1080. The minimum Gasteiger partial charge on any atom is -0.461 e. The Morgan fingerprint density at radius 3 is 1.90 bits per heavy atom. The molecule has 1 heterocycles. The van der Waals surface area contributed by atoms with Gasteiger partial charge >= 0.3 is 5.97 Å². The molecule has 0 N–H and O–H groups in total. The minimum atomic E-state index is -3.82. The maximum atomic E-state index is 12.7. The Morgan fingerprint density at radius 1 is 0.935 bits per heavy atom. The number of piperidine rings is 1. The smallest absolute Gasteiger partial charge is 0.309 e. The van der Waals surface area contributed by atoms with E-state index >= 15 is 0 Å². The maximum absolute atomic E-state index is 12.7. The lowest BCUT2D eigenvalue weighted by Crippen LogP contribution is -2.40. The summed E-state index contributed by atoms with van der Waals surface area (Å²) in [4.78, 5) is 32.5. The van der Waals surface area contributed by atoms with E-state index in [4.69, 9.17) is 4.74 Å². The van der Waals surface area contributed by atoms with Gasteiger partial charge in [0, 0.05) is 37.4 Å².